The van der Waals surface area contributed by atoms with Crippen molar-refractivity contribution >= 4 is 33.1 Å². The second-order valence-corrected chi connectivity index (χ2v) is 5.50. The number of benzene rings is 1. The zero-order chi connectivity index (χ0) is 13.2. The molecule has 0 amide bonds. The Labute approximate surface area is 109 Å². The number of nitrogens with zero attached hydrogens (tertiary/aromatic N) is 1. The highest BCUT2D eigenvalue weighted by molar-refractivity contribution is 7.90. The molecule has 0 N–H and O–H groups in total. The van der Waals surface area contributed by atoms with Crippen LogP contribution in [0.3, 0.4) is 0 Å². The number of allylic oxidation sites excluding steroid dienone is 4. The zero-order valence-electron chi connectivity index (χ0n) is 9.08. The molecule has 0 saturated heterocycles. The van der Waals surface area contributed by atoms with E-state index in [1.807, 2.05) is 0 Å². The Morgan fingerprint density at radius 1 is 1.06 bits per heavy atom. The standard InChI is InChI=1S/C12H8ClNO3S/c13-11-8-9(15)6-7-12(11)14-18(16,17)10-4-2-1-3-5-10/h1-8H/b14-12-. The summed E-state index contributed by atoms with van der Waals surface area (Å²) in [5.41, 5.74) is 0.0557. The summed E-state index contributed by atoms with van der Waals surface area (Å²) in [5, 5.41) is 0.0157. The van der Waals surface area contributed by atoms with Gasteiger partial charge in [-0.1, -0.05) is 29.8 Å². The van der Waals surface area contributed by atoms with E-state index in [0.29, 0.717) is 0 Å². The van der Waals surface area contributed by atoms with Crippen molar-refractivity contribution in [1.82, 2.24) is 0 Å². The molecule has 2 rings (SSSR count). The van der Waals surface area contributed by atoms with E-state index < -0.39 is 10.0 Å². The molecule has 0 saturated carbocycles. The maximum absolute atomic E-state index is 11.9. The summed E-state index contributed by atoms with van der Waals surface area (Å²) >= 11 is 5.76. The number of ketones is 1. The van der Waals surface area contributed by atoms with Crippen molar-refractivity contribution in [3.05, 3.63) is 53.6 Å². The van der Waals surface area contributed by atoms with Crippen molar-refractivity contribution in [2.45, 2.75) is 4.90 Å². The number of carbonyl (C=O) groups excluding carboxylic acids is 1. The summed E-state index contributed by atoms with van der Waals surface area (Å²) in [5.74, 6) is -0.295. The van der Waals surface area contributed by atoms with Gasteiger partial charge in [-0.25, -0.2) is 0 Å². The lowest BCUT2D eigenvalue weighted by Crippen LogP contribution is -2.08. The molecule has 0 aliphatic heterocycles. The van der Waals surface area contributed by atoms with Gasteiger partial charge in [0.15, 0.2) is 5.78 Å². The monoisotopic (exact) mass is 281 g/mol. The third kappa shape index (κ3) is 2.75. The number of hydrogen-bond donors (Lipinski definition) is 0. The first-order valence-corrected chi connectivity index (χ1v) is 6.80. The SMILES string of the molecule is O=C1C=C/C(=N/S(=O)(=O)c2ccccc2)C(Cl)=C1. The molecular formula is C12H8ClNO3S. The fourth-order valence-corrected chi connectivity index (χ4v) is 2.62. The van der Waals surface area contributed by atoms with E-state index in [4.69, 9.17) is 11.6 Å². The molecule has 0 spiro atoms. The first-order chi connectivity index (χ1) is 8.49. The van der Waals surface area contributed by atoms with Gasteiger partial charge in [-0.2, -0.15) is 12.8 Å². The Morgan fingerprint density at radius 2 is 1.72 bits per heavy atom. The molecule has 92 valence electrons. The van der Waals surface area contributed by atoms with Gasteiger partial charge in [0.2, 0.25) is 0 Å². The summed E-state index contributed by atoms with van der Waals surface area (Å²) in [4.78, 5) is 11.1. The predicted octanol–water partition coefficient (Wildman–Crippen LogP) is 2.08. The van der Waals surface area contributed by atoms with Gasteiger partial charge in [0.05, 0.1) is 15.6 Å². The van der Waals surface area contributed by atoms with E-state index in [9.17, 15) is 13.2 Å². The minimum absolute atomic E-state index is 0.0157. The van der Waals surface area contributed by atoms with Gasteiger partial charge in [-0.3, -0.25) is 4.79 Å². The van der Waals surface area contributed by atoms with Crippen LogP contribution in [0.5, 0.6) is 0 Å². The van der Waals surface area contributed by atoms with Gasteiger partial charge in [0, 0.05) is 6.08 Å². The van der Waals surface area contributed by atoms with Crippen LogP contribution in [0.1, 0.15) is 0 Å². The Hall–Kier alpha value is -1.72. The second-order valence-electron chi connectivity index (χ2n) is 3.49. The fraction of sp³-hybridized carbons (Fsp3) is 0. The van der Waals surface area contributed by atoms with Gasteiger partial charge in [-0.15, -0.1) is 0 Å². The molecule has 6 heteroatoms. The quantitative estimate of drug-likeness (QED) is 0.780. The Kier molecular flexibility index (Phi) is 3.45. The van der Waals surface area contributed by atoms with Crippen LogP contribution in [0.15, 0.2) is 62.9 Å². The maximum atomic E-state index is 11.9. The van der Waals surface area contributed by atoms with Crippen LogP contribution in [-0.2, 0) is 14.8 Å². The lowest BCUT2D eigenvalue weighted by molar-refractivity contribution is -0.110. The zero-order valence-corrected chi connectivity index (χ0v) is 10.6. The largest absolute Gasteiger partial charge is 0.290 e. The van der Waals surface area contributed by atoms with E-state index in [1.165, 1.54) is 24.3 Å². The van der Waals surface area contributed by atoms with Crippen molar-refractivity contribution in [2.24, 2.45) is 4.40 Å². The Morgan fingerprint density at radius 3 is 2.33 bits per heavy atom. The molecule has 18 heavy (non-hydrogen) atoms. The number of sulfonamides is 1. The van der Waals surface area contributed by atoms with Crippen molar-refractivity contribution in [1.29, 1.82) is 0 Å². The molecule has 1 aliphatic rings. The molecule has 0 fully saturated rings. The molecule has 0 radical (unpaired) electrons. The van der Waals surface area contributed by atoms with Crippen LogP contribution in [0, 0.1) is 0 Å². The summed E-state index contributed by atoms with van der Waals surface area (Å²) < 4.78 is 27.5. The first-order valence-electron chi connectivity index (χ1n) is 4.99. The molecule has 0 bridgehead atoms. The third-order valence-corrected chi connectivity index (χ3v) is 3.79. The fourth-order valence-electron chi connectivity index (χ4n) is 1.34. The van der Waals surface area contributed by atoms with Gasteiger partial charge in [-0.05, 0) is 24.3 Å². The Balaban J connectivity index is 2.43. The van der Waals surface area contributed by atoms with Crippen LogP contribution >= 0.6 is 11.6 Å². The third-order valence-electron chi connectivity index (χ3n) is 2.18. The molecule has 0 heterocycles. The van der Waals surface area contributed by atoms with E-state index >= 15 is 0 Å². The van der Waals surface area contributed by atoms with Crippen LogP contribution in [0.2, 0.25) is 0 Å². The number of halogens is 1. The molecule has 1 aliphatic carbocycles. The summed E-state index contributed by atoms with van der Waals surface area (Å²) in [6, 6.07) is 7.79. The average Bonchev–Trinajstić information content (AvgIpc) is 2.34. The lowest BCUT2D eigenvalue weighted by Gasteiger charge is -2.04. The normalized spacial score (nSPS) is 17.9. The van der Waals surface area contributed by atoms with Crippen LogP contribution in [0.4, 0.5) is 0 Å². The summed E-state index contributed by atoms with van der Waals surface area (Å²) in [6.45, 7) is 0. The molecule has 0 unspecified atom stereocenters. The number of hydrogen-bond acceptors (Lipinski definition) is 3. The van der Waals surface area contributed by atoms with E-state index in [0.717, 1.165) is 6.08 Å². The smallest absolute Gasteiger partial charge is 0.282 e. The molecular weight excluding hydrogens is 274 g/mol. The van der Waals surface area contributed by atoms with Gasteiger partial charge in [0.1, 0.15) is 0 Å². The lowest BCUT2D eigenvalue weighted by atomic mass is 10.2. The molecule has 1 aromatic rings. The van der Waals surface area contributed by atoms with E-state index in [1.54, 1.807) is 18.2 Å². The van der Waals surface area contributed by atoms with Gasteiger partial charge < -0.3 is 0 Å². The minimum Gasteiger partial charge on any atom is -0.290 e. The van der Waals surface area contributed by atoms with E-state index in [-0.39, 0.29) is 21.4 Å². The minimum atomic E-state index is -3.81. The van der Waals surface area contributed by atoms with Crippen molar-refractivity contribution in [3.63, 3.8) is 0 Å². The maximum Gasteiger partial charge on any atom is 0.282 e. The van der Waals surface area contributed by atoms with E-state index in [2.05, 4.69) is 4.40 Å². The van der Waals surface area contributed by atoms with Crippen molar-refractivity contribution in [3.8, 4) is 0 Å². The molecule has 0 atom stereocenters. The molecule has 0 aromatic heterocycles. The van der Waals surface area contributed by atoms with Crippen molar-refractivity contribution < 1.29 is 13.2 Å². The second kappa shape index (κ2) is 4.88. The summed E-state index contributed by atoms with van der Waals surface area (Å²) in [6.07, 6.45) is 3.62. The highest BCUT2D eigenvalue weighted by Gasteiger charge is 2.16. The Bertz CT molecular complexity index is 673. The summed E-state index contributed by atoms with van der Waals surface area (Å²) in [7, 11) is -3.81. The van der Waals surface area contributed by atoms with Crippen LogP contribution < -0.4 is 0 Å². The topological polar surface area (TPSA) is 63.6 Å². The molecule has 4 nitrogen and oxygen atoms in total. The average molecular weight is 282 g/mol. The highest BCUT2D eigenvalue weighted by Crippen LogP contribution is 2.17. The molecule has 1 aromatic carbocycles. The van der Waals surface area contributed by atoms with Crippen LogP contribution in [0.25, 0.3) is 0 Å². The number of carbonyl (C=O) groups is 1. The van der Waals surface area contributed by atoms with Gasteiger partial charge >= 0.3 is 0 Å². The van der Waals surface area contributed by atoms with Crippen molar-refractivity contribution in [2.75, 3.05) is 0 Å². The van der Waals surface area contributed by atoms with Crippen LogP contribution in [-0.4, -0.2) is 19.9 Å². The number of rotatable bonds is 2. The van der Waals surface area contributed by atoms with Gasteiger partial charge in [0.25, 0.3) is 10.0 Å². The predicted molar refractivity (Wildman–Crippen MR) is 69.1 cm³/mol. The highest BCUT2D eigenvalue weighted by atomic mass is 35.5. The first kappa shape index (κ1) is 12.7.